The van der Waals surface area contributed by atoms with Crippen LogP contribution in [0.2, 0.25) is 0 Å². The molecular weight excluding hydrogens is 311 g/mol. The number of rotatable bonds is 7. The fraction of sp³-hybridized carbons (Fsp3) is 0.933. The maximum absolute atomic E-state index is 12.1. The van der Waals surface area contributed by atoms with Crippen molar-refractivity contribution in [3.63, 3.8) is 0 Å². The Balaban J connectivity index is 2.14. The Morgan fingerprint density at radius 2 is 1.78 bits per heavy atom. The van der Waals surface area contributed by atoms with E-state index >= 15 is 0 Å². The Labute approximate surface area is 136 Å². The number of carbonyl (C=O) groups excluding carboxylic acids is 1. The third-order valence-electron chi connectivity index (χ3n) is 4.04. The molecule has 0 bridgehead atoms. The van der Waals surface area contributed by atoms with E-state index in [1.54, 1.807) is 4.90 Å². The third kappa shape index (κ3) is 8.41. The van der Waals surface area contributed by atoms with E-state index in [4.69, 9.17) is 0 Å². The predicted molar refractivity (Wildman–Crippen MR) is 82.3 cm³/mol. The van der Waals surface area contributed by atoms with Crippen LogP contribution in [0, 0.1) is 5.92 Å². The van der Waals surface area contributed by atoms with Gasteiger partial charge in [-0.1, -0.05) is 13.8 Å². The number of carbonyl (C=O) groups is 1. The second-order valence-corrected chi connectivity index (χ2v) is 6.33. The lowest BCUT2D eigenvalue weighted by Crippen LogP contribution is -2.53. The maximum atomic E-state index is 12.1. The smallest absolute Gasteiger partial charge is 0.372 e. The molecule has 1 unspecified atom stereocenters. The van der Waals surface area contributed by atoms with Gasteiger partial charge < -0.3 is 15.0 Å². The molecule has 0 aromatic heterocycles. The Morgan fingerprint density at radius 3 is 2.30 bits per heavy atom. The van der Waals surface area contributed by atoms with Crippen molar-refractivity contribution in [2.24, 2.45) is 5.92 Å². The zero-order valence-corrected chi connectivity index (χ0v) is 14.2. The van der Waals surface area contributed by atoms with Gasteiger partial charge in [-0.2, -0.15) is 13.2 Å². The molecule has 1 fully saturated rings. The van der Waals surface area contributed by atoms with Crippen LogP contribution >= 0.6 is 0 Å². The molecule has 136 valence electrons. The van der Waals surface area contributed by atoms with Crippen molar-refractivity contribution in [3.8, 4) is 0 Å². The van der Waals surface area contributed by atoms with Crippen LogP contribution in [-0.4, -0.2) is 74.0 Å². The minimum Gasteiger partial charge on any atom is -0.372 e. The summed E-state index contributed by atoms with van der Waals surface area (Å²) in [5.74, 6) is 0.386. The van der Waals surface area contributed by atoms with Crippen molar-refractivity contribution in [2.75, 3.05) is 45.9 Å². The van der Waals surface area contributed by atoms with Crippen molar-refractivity contribution < 1.29 is 22.7 Å². The number of ether oxygens (including phenoxy) is 1. The van der Waals surface area contributed by atoms with E-state index in [0.29, 0.717) is 32.0 Å². The van der Waals surface area contributed by atoms with Gasteiger partial charge in [0.2, 0.25) is 0 Å². The van der Waals surface area contributed by atoms with Gasteiger partial charge in [-0.05, 0) is 19.3 Å². The molecule has 0 radical (unpaired) electrons. The number of nitrogens with one attached hydrogen (secondary N) is 1. The van der Waals surface area contributed by atoms with Crippen LogP contribution in [0.4, 0.5) is 18.0 Å². The molecule has 23 heavy (non-hydrogen) atoms. The number of hydrogen-bond donors (Lipinski definition) is 1. The Kier molecular flexibility index (Phi) is 8.11. The van der Waals surface area contributed by atoms with E-state index in [-0.39, 0.29) is 18.7 Å². The molecule has 1 N–H and O–H groups in total. The van der Waals surface area contributed by atoms with E-state index < -0.39 is 12.8 Å². The fourth-order valence-electron chi connectivity index (χ4n) is 2.21. The highest BCUT2D eigenvalue weighted by Gasteiger charge is 2.27. The zero-order chi connectivity index (χ0) is 17.5. The normalized spacial score (nSPS) is 18.3. The monoisotopic (exact) mass is 339 g/mol. The molecule has 0 aliphatic carbocycles. The van der Waals surface area contributed by atoms with Crippen molar-refractivity contribution in [3.05, 3.63) is 0 Å². The van der Waals surface area contributed by atoms with Gasteiger partial charge in [0.1, 0.15) is 6.61 Å². The first kappa shape index (κ1) is 20.0. The quantitative estimate of drug-likeness (QED) is 0.724. The summed E-state index contributed by atoms with van der Waals surface area (Å²) in [4.78, 5) is 16.0. The van der Waals surface area contributed by atoms with Crippen molar-refractivity contribution in [2.45, 2.75) is 39.4 Å². The summed E-state index contributed by atoms with van der Waals surface area (Å²) < 4.78 is 40.3. The molecule has 1 aliphatic rings. The molecule has 0 aromatic carbocycles. The average molecular weight is 339 g/mol. The first-order chi connectivity index (χ1) is 10.7. The Bertz CT molecular complexity index is 356. The van der Waals surface area contributed by atoms with E-state index in [0.717, 1.165) is 13.1 Å². The third-order valence-corrected chi connectivity index (χ3v) is 4.04. The van der Waals surface area contributed by atoms with Gasteiger partial charge in [0.25, 0.3) is 0 Å². The summed E-state index contributed by atoms with van der Waals surface area (Å²) in [5, 5.41) is 2.98. The first-order valence-electron chi connectivity index (χ1n) is 8.11. The van der Waals surface area contributed by atoms with Crippen molar-refractivity contribution >= 4 is 6.03 Å². The number of hydrogen-bond acceptors (Lipinski definition) is 3. The van der Waals surface area contributed by atoms with Crippen LogP contribution in [0.15, 0.2) is 0 Å². The predicted octanol–water partition coefficient (Wildman–Crippen LogP) is 2.33. The molecule has 1 heterocycles. The van der Waals surface area contributed by atoms with Gasteiger partial charge >= 0.3 is 12.2 Å². The second kappa shape index (κ2) is 9.32. The molecule has 5 nitrogen and oxygen atoms in total. The average Bonchev–Trinajstić information content (AvgIpc) is 2.46. The Hall–Kier alpha value is -1.02. The van der Waals surface area contributed by atoms with Crippen molar-refractivity contribution in [1.29, 1.82) is 0 Å². The lowest BCUT2D eigenvalue weighted by Gasteiger charge is -2.35. The van der Waals surface area contributed by atoms with E-state index in [9.17, 15) is 18.0 Å². The van der Waals surface area contributed by atoms with Crippen LogP contribution in [0.1, 0.15) is 27.2 Å². The maximum Gasteiger partial charge on any atom is 0.411 e. The summed E-state index contributed by atoms with van der Waals surface area (Å²) in [6.07, 6.45) is -3.70. The van der Waals surface area contributed by atoms with Crippen LogP contribution in [0.5, 0.6) is 0 Å². The standard InChI is InChI=1S/C15H28F3N3O2/c1-12(2)13(3)19-14(22)21-8-6-20(7-9-21)5-4-10-23-11-15(16,17)18/h12-13H,4-11H2,1-3H3,(H,19,22). The number of amides is 2. The molecule has 1 atom stereocenters. The molecule has 1 rings (SSSR count). The SMILES string of the molecule is CC(C)C(C)NC(=O)N1CCN(CCCOCC(F)(F)F)CC1. The Morgan fingerprint density at radius 1 is 1.17 bits per heavy atom. The fourth-order valence-corrected chi connectivity index (χ4v) is 2.21. The van der Waals surface area contributed by atoms with E-state index in [1.165, 1.54) is 0 Å². The second-order valence-electron chi connectivity index (χ2n) is 6.33. The number of piperazine rings is 1. The van der Waals surface area contributed by atoms with Gasteiger partial charge in [-0.15, -0.1) is 0 Å². The molecule has 0 aromatic rings. The van der Waals surface area contributed by atoms with Gasteiger partial charge in [-0.3, -0.25) is 4.90 Å². The highest BCUT2D eigenvalue weighted by Crippen LogP contribution is 2.14. The van der Waals surface area contributed by atoms with E-state index in [1.807, 2.05) is 6.92 Å². The van der Waals surface area contributed by atoms with Crippen LogP contribution in [0.25, 0.3) is 0 Å². The zero-order valence-electron chi connectivity index (χ0n) is 14.2. The molecular formula is C15H28F3N3O2. The molecule has 0 saturated carbocycles. The minimum absolute atomic E-state index is 0.0423. The summed E-state index contributed by atoms with van der Waals surface area (Å²) >= 11 is 0. The molecule has 2 amide bonds. The van der Waals surface area contributed by atoms with E-state index in [2.05, 4.69) is 28.8 Å². The van der Waals surface area contributed by atoms with Gasteiger partial charge in [-0.25, -0.2) is 4.79 Å². The first-order valence-corrected chi connectivity index (χ1v) is 8.11. The lowest BCUT2D eigenvalue weighted by atomic mass is 10.1. The number of urea groups is 1. The summed E-state index contributed by atoms with van der Waals surface area (Å²) in [5.41, 5.74) is 0. The molecule has 0 spiro atoms. The largest absolute Gasteiger partial charge is 0.411 e. The molecule has 1 aliphatic heterocycles. The number of alkyl halides is 3. The molecule has 8 heteroatoms. The van der Waals surface area contributed by atoms with Crippen LogP contribution < -0.4 is 5.32 Å². The number of nitrogens with zero attached hydrogens (tertiary/aromatic N) is 2. The molecule has 1 saturated heterocycles. The van der Waals surface area contributed by atoms with Gasteiger partial charge in [0.05, 0.1) is 0 Å². The van der Waals surface area contributed by atoms with Gasteiger partial charge in [0, 0.05) is 45.4 Å². The number of halogens is 3. The highest BCUT2D eigenvalue weighted by atomic mass is 19.4. The van der Waals surface area contributed by atoms with Crippen molar-refractivity contribution in [1.82, 2.24) is 15.1 Å². The summed E-state index contributed by atoms with van der Waals surface area (Å²) in [6.45, 7) is 8.47. The lowest BCUT2D eigenvalue weighted by molar-refractivity contribution is -0.174. The highest BCUT2D eigenvalue weighted by molar-refractivity contribution is 5.74. The van der Waals surface area contributed by atoms with Crippen LogP contribution in [0.3, 0.4) is 0 Å². The van der Waals surface area contributed by atoms with Gasteiger partial charge in [0.15, 0.2) is 0 Å². The summed E-state index contributed by atoms with van der Waals surface area (Å²) in [7, 11) is 0. The van der Waals surface area contributed by atoms with Crippen LogP contribution in [-0.2, 0) is 4.74 Å². The minimum atomic E-state index is -4.26. The topological polar surface area (TPSA) is 44.8 Å². The summed E-state index contributed by atoms with van der Waals surface area (Å²) in [6, 6.07) is 0.0886.